The molecule has 23 heavy (non-hydrogen) atoms. The molecule has 0 radical (unpaired) electrons. The minimum absolute atomic E-state index is 0.0159. The van der Waals surface area contributed by atoms with Crippen LogP contribution < -0.4 is 10.0 Å². The van der Waals surface area contributed by atoms with Crippen molar-refractivity contribution in [2.75, 3.05) is 18.2 Å². The number of benzene rings is 1. The van der Waals surface area contributed by atoms with Crippen molar-refractivity contribution in [3.05, 3.63) is 23.8 Å². The number of rotatable bonds is 8. The Morgan fingerprint density at radius 1 is 1.35 bits per heavy atom. The Bertz CT molecular complexity index is 665. The monoisotopic (exact) mass is 357 g/mol. The highest BCUT2D eigenvalue weighted by Crippen LogP contribution is 2.25. The van der Waals surface area contributed by atoms with Gasteiger partial charge in [0.05, 0.1) is 23.9 Å². The van der Waals surface area contributed by atoms with E-state index in [4.69, 9.17) is 5.26 Å². The predicted octanol–water partition coefficient (Wildman–Crippen LogP) is 1.77. The highest BCUT2D eigenvalue weighted by molar-refractivity contribution is 7.99. The first-order valence-electron chi connectivity index (χ1n) is 7.21. The number of sulfonamides is 1. The van der Waals surface area contributed by atoms with Crippen molar-refractivity contribution in [3.8, 4) is 6.07 Å². The number of aliphatic hydroxyl groups excluding tert-OH is 1. The number of hydrogen-bond donors (Lipinski definition) is 3. The summed E-state index contributed by atoms with van der Waals surface area (Å²) < 4.78 is 27.5. The van der Waals surface area contributed by atoms with Crippen LogP contribution in [0.3, 0.4) is 0 Å². The average molecular weight is 358 g/mol. The molecule has 6 nitrogen and oxygen atoms in total. The number of nitrogens with zero attached hydrogens (tertiary/aromatic N) is 1. The van der Waals surface area contributed by atoms with Crippen molar-refractivity contribution in [1.82, 2.24) is 4.72 Å². The third kappa shape index (κ3) is 5.39. The largest absolute Gasteiger partial charge is 0.395 e. The second-order valence-corrected chi connectivity index (χ2v) is 8.25. The Balaban J connectivity index is 3.25. The van der Waals surface area contributed by atoms with Crippen LogP contribution >= 0.6 is 11.8 Å². The van der Waals surface area contributed by atoms with Crippen molar-refractivity contribution in [3.63, 3.8) is 0 Å². The van der Waals surface area contributed by atoms with Crippen molar-refractivity contribution >= 4 is 27.5 Å². The molecule has 0 saturated carbocycles. The lowest BCUT2D eigenvalue weighted by atomic mass is 10.2. The molecule has 1 rings (SSSR count). The Morgan fingerprint density at radius 3 is 2.48 bits per heavy atom. The normalized spacial score (nSPS) is 14.3. The number of aliphatic hydroxyl groups is 1. The number of nitrogens with one attached hydrogen (secondary N) is 2. The molecular formula is C15H23N3O3S2. The van der Waals surface area contributed by atoms with Crippen LogP contribution in [0, 0.1) is 11.3 Å². The maximum atomic E-state index is 12.5. The topological polar surface area (TPSA) is 102 Å². The highest BCUT2D eigenvalue weighted by Gasteiger charge is 2.23. The third-order valence-corrected chi connectivity index (χ3v) is 6.08. The molecule has 0 aromatic heterocycles. The molecule has 128 valence electrons. The Kier molecular flexibility index (Phi) is 7.35. The van der Waals surface area contributed by atoms with Crippen molar-refractivity contribution < 1.29 is 13.5 Å². The van der Waals surface area contributed by atoms with E-state index in [1.165, 1.54) is 17.8 Å². The minimum atomic E-state index is -3.74. The summed E-state index contributed by atoms with van der Waals surface area (Å²) in [6.45, 7) is 5.33. The minimum Gasteiger partial charge on any atom is -0.395 e. The fourth-order valence-corrected chi connectivity index (χ4v) is 4.15. The van der Waals surface area contributed by atoms with Gasteiger partial charge in [-0.05, 0) is 45.2 Å². The molecule has 0 aliphatic carbocycles. The molecule has 0 aliphatic rings. The molecule has 0 unspecified atom stereocenters. The van der Waals surface area contributed by atoms with Gasteiger partial charge in [-0.3, -0.25) is 0 Å². The molecule has 1 aromatic rings. The average Bonchev–Trinajstić information content (AvgIpc) is 2.47. The van der Waals surface area contributed by atoms with E-state index in [0.29, 0.717) is 5.69 Å². The van der Waals surface area contributed by atoms with Crippen LogP contribution in [0.1, 0.15) is 26.3 Å². The van der Waals surface area contributed by atoms with Gasteiger partial charge < -0.3 is 10.4 Å². The van der Waals surface area contributed by atoms with Crippen LogP contribution in [0.25, 0.3) is 0 Å². The molecule has 0 aliphatic heterocycles. The van der Waals surface area contributed by atoms with E-state index in [1.807, 2.05) is 19.2 Å². The van der Waals surface area contributed by atoms with Crippen LogP contribution in [-0.4, -0.2) is 43.7 Å². The SMILES string of the molecule is CS[C@@H](CO)[C@@H](C)Nc1ccc(C#N)cc1S(=O)(=O)NC(C)C. The van der Waals surface area contributed by atoms with E-state index in [2.05, 4.69) is 10.0 Å². The second-order valence-electron chi connectivity index (χ2n) is 5.49. The molecule has 2 atom stereocenters. The maximum Gasteiger partial charge on any atom is 0.242 e. The Morgan fingerprint density at radius 2 is 2.00 bits per heavy atom. The smallest absolute Gasteiger partial charge is 0.242 e. The summed E-state index contributed by atoms with van der Waals surface area (Å²) >= 11 is 1.50. The zero-order valence-corrected chi connectivity index (χ0v) is 15.3. The van der Waals surface area contributed by atoms with Crippen LogP contribution in [0.5, 0.6) is 0 Å². The lowest BCUT2D eigenvalue weighted by Crippen LogP contribution is -2.34. The van der Waals surface area contributed by atoms with E-state index in [9.17, 15) is 13.5 Å². The van der Waals surface area contributed by atoms with E-state index in [0.717, 1.165) is 0 Å². The Hall–Kier alpha value is -1.27. The number of nitriles is 1. The maximum absolute atomic E-state index is 12.5. The fourth-order valence-electron chi connectivity index (χ4n) is 2.08. The molecule has 0 fully saturated rings. The lowest BCUT2D eigenvalue weighted by Gasteiger charge is -2.24. The molecule has 8 heteroatoms. The van der Waals surface area contributed by atoms with Gasteiger partial charge in [0.2, 0.25) is 10.0 Å². The quantitative estimate of drug-likeness (QED) is 0.655. The molecule has 3 N–H and O–H groups in total. The first-order chi connectivity index (χ1) is 10.7. The molecular weight excluding hydrogens is 334 g/mol. The zero-order valence-electron chi connectivity index (χ0n) is 13.7. The van der Waals surface area contributed by atoms with Crippen LogP contribution in [0.15, 0.2) is 23.1 Å². The Labute approximate surface area is 142 Å². The highest BCUT2D eigenvalue weighted by atomic mass is 32.2. The molecule has 0 spiro atoms. The van der Waals surface area contributed by atoms with Gasteiger partial charge in [-0.15, -0.1) is 0 Å². The summed E-state index contributed by atoms with van der Waals surface area (Å²) in [6, 6.07) is 6.06. The summed E-state index contributed by atoms with van der Waals surface area (Å²) in [5.74, 6) is 0. The van der Waals surface area contributed by atoms with Gasteiger partial charge >= 0.3 is 0 Å². The summed E-state index contributed by atoms with van der Waals surface area (Å²) in [7, 11) is -3.74. The third-order valence-electron chi connectivity index (χ3n) is 3.21. The van der Waals surface area contributed by atoms with Crippen molar-refractivity contribution in [2.24, 2.45) is 0 Å². The summed E-state index contributed by atoms with van der Waals surface area (Å²) in [6.07, 6.45) is 1.88. The second kappa shape index (κ2) is 8.55. The van der Waals surface area contributed by atoms with Gasteiger partial charge in [-0.1, -0.05) is 0 Å². The van der Waals surface area contributed by atoms with E-state index in [-0.39, 0.29) is 34.4 Å². The first-order valence-corrected chi connectivity index (χ1v) is 9.99. The molecule has 0 saturated heterocycles. The summed E-state index contributed by atoms with van der Waals surface area (Å²) in [5.41, 5.74) is 0.688. The van der Waals surface area contributed by atoms with Gasteiger partial charge in [0.1, 0.15) is 4.90 Å². The summed E-state index contributed by atoms with van der Waals surface area (Å²) in [5, 5.41) is 21.5. The lowest BCUT2D eigenvalue weighted by molar-refractivity contribution is 0.288. The van der Waals surface area contributed by atoms with Gasteiger partial charge in [0, 0.05) is 17.3 Å². The van der Waals surface area contributed by atoms with Gasteiger partial charge in [0.25, 0.3) is 0 Å². The van der Waals surface area contributed by atoms with Gasteiger partial charge in [-0.2, -0.15) is 17.0 Å². The van der Waals surface area contributed by atoms with Crippen LogP contribution in [-0.2, 0) is 10.0 Å². The number of anilines is 1. The van der Waals surface area contributed by atoms with Crippen molar-refractivity contribution in [1.29, 1.82) is 5.26 Å². The van der Waals surface area contributed by atoms with Gasteiger partial charge in [0.15, 0.2) is 0 Å². The summed E-state index contributed by atoms with van der Waals surface area (Å²) in [4.78, 5) is 0.0369. The molecule has 0 amide bonds. The fraction of sp³-hybridized carbons (Fsp3) is 0.533. The number of thioether (sulfide) groups is 1. The number of hydrogen-bond acceptors (Lipinski definition) is 6. The van der Waals surface area contributed by atoms with E-state index in [1.54, 1.807) is 26.0 Å². The zero-order chi connectivity index (χ0) is 17.6. The molecule has 1 aromatic carbocycles. The first kappa shape index (κ1) is 19.8. The van der Waals surface area contributed by atoms with Gasteiger partial charge in [-0.25, -0.2) is 13.1 Å². The predicted molar refractivity (Wildman–Crippen MR) is 94.1 cm³/mol. The van der Waals surface area contributed by atoms with Crippen LogP contribution in [0.2, 0.25) is 0 Å². The molecule has 0 bridgehead atoms. The molecule has 0 heterocycles. The van der Waals surface area contributed by atoms with Crippen molar-refractivity contribution in [2.45, 2.75) is 43.0 Å². The van der Waals surface area contributed by atoms with Crippen LogP contribution in [0.4, 0.5) is 5.69 Å². The van der Waals surface area contributed by atoms with E-state index >= 15 is 0 Å². The van der Waals surface area contributed by atoms with E-state index < -0.39 is 10.0 Å². The standard InChI is InChI=1S/C15H23N3O3S2/c1-10(2)18-23(20,21)15-7-12(8-16)5-6-13(15)17-11(3)14(9-19)22-4/h5-7,10-11,14,17-19H,9H2,1-4H3/t11-,14+/m1/s1.